The van der Waals surface area contributed by atoms with Gasteiger partial charge in [0, 0.05) is 29.9 Å². The van der Waals surface area contributed by atoms with Crippen LogP contribution in [0.3, 0.4) is 0 Å². The van der Waals surface area contributed by atoms with Gasteiger partial charge in [-0.25, -0.2) is 4.98 Å². The predicted octanol–water partition coefficient (Wildman–Crippen LogP) is 5.03. The first-order chi connectivity index (χ1) is 18.8. The molecule has 3 aromatic rings. The number of nitrogens with zero attached hydrogens (tertiary/aromatic N) is 2. The average molecular weight is 568 g/mol. The molecule has 0 bridgehead atoms. The Balaban J connectivity index is 1.12. The molecule has 5 rings (SSSR count). The van der Waals surface area contributed by atoms with Gasteiger partial charge in [0.2, 0.25) is 0 Å². The highest BCUT2D eigenvalue weighted by atomic mass is 32.2. The van der Waals surface area contributed by atoms with Gasteiger partial charge in [0.25, 0.3) is 10.1 Å². The van der Waals surface area contributed by atoms with Gasteiger partial charge in [0.05, 0.1) is 18.1 Å². The van der Waals surface area contributed by atoms with Crippen LogP contribution >= 0.6 is 11.3 Å². The molecular weight excluding hydrogens is 534 g/mol. The molecule has 1 saturated heterocycles. The lowest BCUT2D eigenvalue weighted by molar-refractivity contribution is 0.122. The Labute approximate surface area is 233 Å². The lowest BCUT2D eigenvalue weighted by atomic mass is 10.0. The van der Waals surface area contributed by atoms with E-state index in [1.54, 1.807) is 29.5 Å². The minimum absolute atomic E-state index is 0.0889. The van der Waals surface area contributed by atoms with Gasteiger partial charge >= 0.3 is 0 Å². The van der Waals surface area contributed by atoms with E-state index in [9.17, 15) is 8.42 Å². The summed E-state index contributed by atoms with van der Waals surface area (Å²) in [7, 11) is -3.82. The first-order valence-electron chi connectivity index (χ1n) is 12.9. The second kappa shape index (κ2) is 11.9. The van der Waals surface area contributed by atoms with Crippen molar-refractivity contribution >= 4 is 38.3 Å². The molecule has 1 aliphatic heterocycles. The number of hydrogen-bond donors (Lipinski definition) is 1. The molecule has 1 unspecified atom stereocenters. The number of nitrogen functional groups attached to an aromatic ring is 1. The van der Waals surface area contributed by atoms with Crippen molar-refractivity contribution < 1.29 is 22.1 Å². The van der Waals surface area contributed by atoms with Gasteiger partial charge in [0.1, 0.15) is 19.0 Å². The quantitative estimate of drug-likeness (QED) is 0.149. The molecule has 39 heavy (non-hydrogen) atoms. The van der Waals surface area contributed by atoms with Crippen LogP contribution in [0.25, 0.3) is 6.08 Å². The summed E-state index contributed by atoms with van der Waals surface area (Å²) in [6.45, 7) is 9.42. The standard InChI is InChI=1S/C29H33N3O5S2/c1-20-3-8-24(9-4-20)39(33,34)37-16-15-36-22-6-10-28(30)27(17-22)26-18-25(26)21(2)5-7-23-19-31-29(38-23)32-11-13-35-14-12-32/h3-10,17,19,25-26H,2,11-16,18,30H2,1H3/b7-5+/t25-,26?/m1/s1. The third-order valence-corrected chi connectivity index (χ3v) is 9.23. The van der Waals surface area contributed by atoms with Crippen LogP contribution in [0.2, 0.25) is 0 Å². The van der Waals surface area contributed by atoms with E-state index in [0.29, 0.717) is 17.4 Å². The highest BCUT2D eigenvalue weighted by Gasteiger charge is 2.40. The van der Waals surface area contributed by atoms with Crippen LogP contribution in [0.1, 0.15) is 28.3 Å². The van der Waals surface area contributed by atoms with Crippen LogP contribution in [0.15, 0.2) is 71.8 Å². The van der Waals surface area contributed by atoms with Gasteiger partial charge in [-0.15, -0.1) is 0 Å². The Morgan fingerprint density at radius 2 is 1.97 bits per heavy atom. The van der Waals surface area contributed by atoms with Crippen LogP contribution in [0, 0.1) is 12.8 Å². The van der Waals surface area contributed by atoms with Crippen molar-refractivity contribution in [2.45, 2.75) is 24.2 Å². The predicted molar refractivity (Wildman–Crippen MR) is 155 cm³/mol. The van der Waals surface area contributed by atoms with Gasteiger partial charge in [-0.1, -0.05) is 47.3 Å². The Hall–Kier alpha value is -3.18. The Kier molecular flexibility index (Phi) is 8.37. The summed E-state index contributed by atoms with van der Waals surface area (Å²) in [6, 6.07) is 12.1. The summed E-state index contributed by atoms with van der Waals surface area (Å²) in [5.74, 6) is 1.21. The van der Waals surface area contributed by atoms with Crippen molar-refractivity contribution in [1.29, 1.82) is 0 Å². The number of benzene rings is 2. The van der Waals surface area contributed by atoms with Crippen molar-refractivity contribution in [3.05, 3.63) is 82.9 Å². The summed E-state index contributed by atoms with van der Waals surface area (Å²) in [6.07, 6.45) is 7.02. The molecule has 0 radical (unpaired) electrons. The van der Waals surface area contributed by atoms with E-state index in [-0.39, 0.29) is 24.0 Å². The third-order valence-electron chi connectivity index (χ3n) is 6.88. The zero-order valence-electron chi connectivity index (χ0n) is 21.9. The Morgan fingerprint density at radius 1 is 1.21 bits per heavy atom. The van der Waals surface area contributed by atoms with E-state index in [1.807, 2.05) is 25.3 Å². The Morgan fingerprint density at radius 3 is 2.74 bits per heavy atom. The van der Waals surface area contributed by atoms with E-state index in [2.05, 4.69) is 28.6 Å². The number of thiazole rings is 1. The fraction of sp³-hybridized carbons (Fsp3) is 0.345. The molecule has 8 nitrogen and oxygen atoms in total. The first kappa shape index (κ1) is 27.4. The lowest BCUT2D eigenvalue weighted by Gasteiger charge is -2.25. The van der Waals surface area contributed by atoms with Crippen LogP contribution in [0.4, 0.5) is 10.8 Å². The SMILES string of the molecule is C=C(/C=C/c1cnc(N2CCOCC2)s1)[C@H]1CC1c1cc(OCCOS(=O)(=O)c2ccc(C)cc2)ccc1N. The van der Waals surface area contributed by atoms with E-state index in [4.69, 9.17) is 19.4 Å². The highest BCUT2D eigenvalue weighted by Crippen LogP contribution is 2.53. The van der Waals surface area contributed by atoms with Gasteiger partial charge in [-0.3, -0.25) is 4.18 Å². The van der Waals surface area contributed by atoms with Crippen molar-refractivity contribution in [3.63, 3.8) is 0 Å². The minimum Gasteiger partial charge on any atom is -0.491 e. The topological polar surface area (TPSA) is 104 Å². The second-order valence-electron chi connectivity index (χ2n) is 9.73. The van der Waals surface area contributed by atoms with Gasteiger partial charge < -0.3 is 20.1 Å². The van der Waals surface area contributed by atoms with E-state index in [0.717, 1.165) is 59.4 Å². The first-order valence-corrected chi connectivity index (χ1v) is 15.2. The monoisotopic (exact) mass is 567 g/mol. The number of allylic oxidation sites excluding steroid dienone is 2. The summed E-state index contributed by atoms with van der Waals surface area (Å²) in [5.41, 5.74) is 10.1. The third kappa shape index (κ3) is 6.88. The molecular formula is C29H33N3O5S2. The lowest BCUT2D eigenvalue weighted by Crippen LogP contribution is -2.36. The summed E-state index contributed by atoms with van der Waals surface area (Å²) in [5, 5.41) is 1.02. The zero-order chi connectivity index (χ0) is 27.4. The normalized spacial score (nSPS) is 19.4. The number of aromatic nitrogens is 1. The number of morpholine rings is 1. The Bertz CT molecular complexity index is 1440. The molecule has 2 aliphatic rings. The zero-order valence-corrected chi connectivity index (χ0v) is 23.5. The van der Waals surface area contributed by atoms with Crippen molar-refractivity contribution in [2.24, 2.45) is 5.92 Å². The van der Waals surface area contributed by atoms with Crippen molar-refractivity contribution in [2.75, 3.05) is 50.2 Å². The molecule has 10 heteroatoms. The smallest absolute Gasteiger partial charge is 0.297 e. The molecule has 1 aliphatic carbocycles. The number of anilines is 2. The van der Waals surface area contributed by atoms with Crippen molar-refractivity contribution in [1.82, 2.24) is 4.98 Å². The van der Waals surface area contributed by atoms with Crippen LogP contribution in [-0.2, 0) is 19.0 Å². The fourth-order valence-corrected chi connectivity index (χ4v) is 6.32. The van der Waals surface area contributed by atoms with Gasteiger partial charge in [-0.2, -0.15) is 8.42 Å². The van der Waals surface area contributed by atoms with Crippen LogP contribution in [-0.4, -0.2) is 52.9 Å². The maximum Gasteiger partial charge on any atom is 0.297 e. The van der Waals surface area contributed by atoms with Crippen LogP contribution in [0.5, 0.6) is 5.75 Å². The molecule has 1 saturated carbocycles. The number of ether oxygens (including phenoxy) is 2. The molecule has 2 fully saturated rings. The summed E-state index contributed by atoms with van der Waals surface area (Å²) in [4.78, 5) is 8.04. The maximum atomic E-state index is 12.4. The average Bonchev–Trinajstić information content (AvgIpc) is 3.59. The molecule has 1 aromatic heterocycles. The molecule has 2 aromatic carbocycles. The summed E-state index contributed by atoms with van der Waals surface area (Å²) < 4.78 is 41.0. The molecule has 0 spiro atoms. The fourth-order valence-electron chi connectivity index (χ4n) is 4.56. The van der Waals surface area contributed by atoms with E-state index < -0.39 is 10.1 Å². The minimum atomic E-state index is -3.82. The molecule has 2 atom stereocenters. The highest BCUT2D eigenvalue weighted by molar-refractivity contribution is 7.86. The molecule has 2 heterocycles. The van der Waals surface area contributed by atoms with Crippen molar-refractivity contribution in [3.8, 4) is 5.75 Å². The largest absolute Gasteiger partial charge is 0.491 e. The number of aryl methyl sites for hydroxylation is 1. The van der Waals surface area contributed by atoms with Gasteiger partial charge in [0.15, 0.2) is 5.13 Å². The number of nitrogens with two attached hydrogens (primary N) is 1. The van der Waals surface area contributed by atoms with E-state index >= 15 is 0 Å². The van der Waals surface area contributed by atoms with Crippen LogP contribution < -0.4 is 15.4 Å². The van der Waals surface area contributed by atoms with E-state index in [1.165, 1.54) is 12.1 Å². The molecule has 0 amide bonds. The number of rotatable bonds is 11. The molecule has 2 N–H and O–H groups in total. The molecule has 206 valence electrons. The summed E-state index contributed by atoms with van der Waals surface area (Å²) >= 11 is 1.67. The number of hydrogen-bond acceptors (Lipinski definition) is 9. The maximum absolute atomic E-state index is 12.4. The van der Waals surface area contributed by atoms with Gasteiger partial charge in [-0.05, 0) is 67.2 Å². The second-order valence-corrected chi connectivity index (χ2v) is 12.4.